The van der Waals surface area contributed by atoms with Gasteiger partial charge in [-0.15, -0.1) is 11.3 Å². The Balaban J connectivity index is 1.88. The number of aromatic nitrogens is 1. The van der Waals surface area contributed by atoms with E-state index >= 15 is 0 Å². The van der Waals surface area contributed by atoms with Crippen molar-refractivity contribution in [1.82, 2.24) is 9.29 Å². The number of hydrogen-bond acceptors (Lipinski definition) is 5. The second-order valence-corrected chi connectivity index (χ2v) is 8.82. The maximum absolute atomic E-state index is 13.1. The van der Waals surface area contributed by atoms with Crippen LogP contribution < -0.4 is 5.32 Å². The van der Waals surface area contributed by atoms with Crippen LogP contribution in [0.1, 0.15) is 13.8 Å². The number of nitrogens with zero attached hydrogens (tertiary/aromatic N) is 2. The van der Waals surface area contributed by atoms with E-state index in [1.165, 1.54) is 15.6 Å². The Morgan fingerprint density at radius 2 is 1.92 bits per heavy atom. The van der Waals surface area contributed by atoms with E-state index in [1.54, 1.807) is 43.6 Å². The van der Waals surface area contributed by atoms with Gasteiger partial charge in [0.1, 0.15) is 0 Å². The van der Waals surface area contributed by atoms with Crippen molar-refractivity contribution in [2.75, 3.05) is 11.9 Å². The molecule has 0 bridgehead atoms. The lowest BCUT2D eigenvalue weighted by Gasteiger charge is -2.25. The monoisotopic (exact) mass is 389 g/mol. The Bertz CT molecular complexity index is 1020. The summed E-state index contributed by atoms with van der Waals surface area (Å²) in [5.74, 6) is -0.419. The van der Waals surface area contributed by atoms with Gasteiger partial charge in [-0.1, -0.05) is 30.3 Å². The van der Waals surface area contributed by atoms with Gasteiger partial charge in [-0.25, -0.2) is 13.4 Å². The van der Waals surface area contributed by atoms with E-state index in [0.29, 0.717) is 5.13 Å². The summed E-state index contributed by atoms with van der Waals surface area (Å²) in [6.45, 7) is 3.22. The first-order chi connectivity index (χ1) is 12.4. The fourth-order valence-corrected chi connectivity index (χ4v) is 4.77. The number of hydrogen-bond donors (Lipinski definition) is 1. The molecule has 0 aliphatic carbocycles. The molecular weight excluding hydrogens is 370 g/mol. The number of benzene rings is 2. The zero-order valence-corrected chi connectivity index (χ0v) is 16.0. The molecule has 2 aromatic carbocycles. The fraction of sp³-hybridized carbons (Fsp3) is 0.222. The van der Waals surface area contributed by atoms with Crippen LogP contribution in [-0.2, 0) is 14.8 Å². The van der Waals surface area contributed by atoms with Crippen LogP contribution >= 0.6 is 11.3 Å². The van der Waals surface area contributed by atoms with Crippen molar-refractivity contribution in [3.63, 3.8) is 0 Å². The van der Waals surface area contributed by atoms with Crippen molar-refractivity contribution in [1.29, 1.82) is 0 Å². The van der Waals surface area contributed by atoms with Crippen molar-refractivity contribution in [2.45, 2.75) is 24.8 Å². The number of amides is 1. The number of nitrogens with one attached hydrogen (secondary N) is 1. The predicted octanol–water partition coefficient (Wildman–Crippen LogP) is 3.33. The average molecular weight is 390 g/mol. The third-order valence-corrected chi connectivity index (χ3v) is 6.59. The minimum Gasteiger partial charge on any atom is -0.301 e. The average Bonchev–Trinajstić information content (AvgIpc) is 3.11. The molecule has 0 atom stereocenters. The first-order valence-electron chi connectivity index (χ1n) is 8.08. The molecule has 0 fully saturated rings. The van der Waals surface area contributed by atoms with Gasteiger partial charge in [-0.2, -0.15) is 4.31 Å². The normalized spacial score (nSPS) is 12.0. The number of anilines is 1. The highest BCUT2D eigenvalue weighted by atomic mass is 32.2. The number of thiazole rings is 1. The Kier molecular flexibility index (Phi) is 5.36. The molecule has 0 saturated carbocycles. The van der Waals surface area contributed by atoms with Crippen LogP contribution in [0.3, 0.4) is 0 Å². The van der Waals surface area contributed by atoms with Crippen LogP contribution in [0.15, 0.2) is 58.9 Å². The highest BCUT2D eigenvalue weighted by molar-refractivity contribution is 7.89. The summed E-state index contributed by atoms with van der Waals surface area (Å²) < 4.78 is 27.4. The molecule has 0 aliphatic heterocycles. The molecule has 0 spiro atoms. The quantitative estimate of drug-likeness (QED) is 0.701. The van der Waals surface area contributed by atoms with E-state index in [9.17, 15) is 13.2 Å². The van der Waals surface area contributed by atoms with Gasteiger partial charge in [-0.3, -0.25) is 4.79 Å². The molecule has 1 N–H and O–H groups in total. The van der Waals surface area contributed by atoms with Crippen LogP contribution in [0.25, 0.3) is 10.8 Å². The van der Waals surface area contributed by atoms with Gasteiger partial charge in [0, 0.05) is 17.6 Å². The molecular formula is C18H19N3O3S2. The van der Waals surface area contributed by atoms with Crippen LogP contribution in [0.2, 0.25) is 0 Å². The summed E-state index contributed by atoms with van der Waals surface area (Å²) in [4.78, 5) is 16.4. The van der Waals surface area contributed by atoms with Gasteiger partial charge in [0.15, 0.2) is 5.13 Å². The summed E-state index contributed by atoms with van der Waals surface area (Å²) >= 11 is 1.28. The van der Waals surface area contributed by atoms with Gasteiger partial charge in [-0.05, 0) is 36.8 Å². The number of carbonyl (C=O) groups is 1. The largest absolute Gasteiger partial charge is 0.301 e. The molecule has 136 valence electrons. The first-order valence-corrected chi connectivity index (χ1v) is 10.4. The molecule has 6 nitrogen and oxygen atoms in total. The highest BCUT2D eigenvalue weighted by Crippen LogP contribution is 2.23. The minimum absolute atomic E-state index is 0.173. The van der Waals surface area contributed by atoms with Gasteiger partial charge >= 0.3 is 0 Å². The lowest BCUT2D eigenvalue weighted by molar-refractivity contribution is -0.116. The zero-order chi connectivity index (χ0) is 18.7. The van der Waals surface area contributed by atoms with Crippen LogP contribution in [0.4, 0.5) is 5.13 Å². The van der Waals surface area contributed by atoms with E-state index in [-0.39, 0.29) is 17.5 Å². The Morgan fingerprint density at radius 1 is 1.19 bits per heavy atom. The van der Waals surface area contributed by atoms with Gasteiger partial charge in [0.25, 0.3) is 0 Å². The summed E-state index contributed by atoms with van der Waals surface area (Å²) in [6.07, 6.45) is 1.58. The number of rotatable bonds is 6. The smallest absolute Gasteiger partial charge is 0.243 e. The molecule has 1 heterocycles. The molecule has 1 amide bonds. The van der Waals surface area contributed by atoms with E-state index in [1.807, 2.05) is 24.3 Å². The predicted molar refractivity (Wildman–Crippen MR) is 104 cm³/mol. The lowest BCUT2D eigenvalue weighted by Crippen LogP contribution is -2.42. The lowest BCUT2D eigenvalue weighted by atomic mass is 10.1. The SMILES string of the molecule is CC(C)N(CC(=O)Nc1nccs1)S(=O)(=O)c1ccc2ccccc2c1. The van der Waals surface area contributed by atoms with E-state index < -0.39 is 15.9 Å². The molecule has 0 saturated heterocycles. The molecule has 0 radical (unpaired) electrons. The van der Waals surface area contributed by atoms with Gasteiger partial charge in [0.2, 0.25) is 15.9 Å². The van der Waals surface area contributed by atoms with E-state index in [4.69, 9.17) is 0 Å². The van der Waals surface area contributed by atoms with Crippen molar-refractivity contribution in [3.8, 4) is 0 Å². The summed E-state index contributed by atoms with van der Waals surface area (Å²) in [7, 11) is -3.81. The summed E-state index contributed by atoms with van der Waals surface area (Å²) in [6, 6.07) is 12.2. The molecule has 3 aromatic rings. The topological polar surface area (TPSA) is 79.4 Å². The van der Waals surface area contributed by atoms with Crippen LogP contribution in [0, 0.1) is 0 Å². The number of carbonyl (C=O) groups excluding carboxylic acids is 1. The van der Waals surface area contributed by atoms with E-state index in [0.717, 1.165) is 10.8 Å². The Hall–Kier alpha value is -2.29. The van der Waals surface area contributed by atoms with E-state index in [2.05, 4.69) is 10.3 Å². The molecule has 0 unspecified atom stereocenters. The molecule has 1 aromatic heterocycles. The second kappa shape index (κ2) is 7.53. The number of fused-ring (bicyclic) bond motifs is 1. The Morgan fingerprint density at radius 3 is 2.58 bits per heavy atom. The van der Waals surface area contributed by atoms with Crippen LogP contribution in [-0.4, -0.2) is 36.2 Å². The number of sulfonamides is 1. The highest BCUT2D eigenvalue weighted by Gasteiger charge is 2.29. The minimum atomic E-state index is -3.81. The van der Waals surface area contributed by atoms with Crippen molar-refractivity contribution in [3.05, 3.63) is 54.0 Å². The third kappa shape index (κ3) is 3.92. The maximum atomic E-state index is 13.1. The van der Waals surface area contributed by atoms with Crippen molar-refractivity contribution in [2.24, 2.45) is 0 Å². The van der Waals surface area contributed by atoms with Gasteiger partial charge in [0.05, 0.1) is 11.4 Å². The van der Waals surface area contributed by atoms with Crippen molar-refractivity contribution >= 4 is 43.2 Å². The third-order valence-electron chi connectivity index (χ3n) is 3.88. The van der Waals surface area contributed by atoms with Crippen molar-refractivity contribution < 1.29 is 13.2 Å². The standard InChI is InChI=1S/C18H19N3O3S2/c1-13(2)21(12-17(22)20-18-19-9-10-25-18)26(23,24)16-8-7-14-5-3-4-6-15(14)11-16/h3-11,13H,12H2,1-2H3,(H,19,20,22). The molecule has 8 heteroatoms. The molecule has 0 aliphatic rings. The van der Waals surface area contributed by atoms with Crippen LogP contribution in [0.5, 0.6) is 0 Å². The summed E-state index contributed by atoms with van der Waals surface area (Å²) in [5, 5.41) is 6.61. The first kappa shape index (κ1) is 18.5. The second-order valence-electron chi connectivity index (χ2n) is 6.04. The molecule has 26 heavy (non-hydrogen) atoms. The molecule has 3 rings (SSSR count). The zero-order valence-electron chi connectivity index (χ0n) is 14.4. The summed E-state index contributed by atoms with van der Waals surface area (Å²) in [5.41, 5.74) is 0. The fourth-order valence-electron chi connectivity index (χ4n) is 2.59. The maximum Gasteiger partial charge on any atom is 0.243 e. The Labute approximate surface area is 156 Å². The van der Waals surface area contributed by atoms with Gasteiger partial charge < -0.3 is 5.32 Å².